The van der Waals surface area contributed by atoms with Crippen molar-refractivity contribution in [2.45, 2.75) is 39.7 Å². The molecule has 0 saturated carbocycles. The molecule has 1 aliphatic heterocycles. The maximum absolute atomic E-state index is 11.9. The number of thiophene rings is 1. The van der Waals surface area contributed by atoms with Crippen molar-refractivity contribution in [3.8, 4) is 0 Å². The van der Waals surface area contributed by atoms with Crippen molar-refractivity contribution in [3.63, 3.8) is 0 Å². The van der Waals surface area contributed by atoms with E-state index < -0.39 is 0 Å². The number of carbonyl (C=O) groups is 1. The van der Waals surface area contributed by atoms with Gasteiger partial charge in [0, 0.05) is 19.1 Å². The van der Waals surface area contributed by atoms with Crippen molar-refractivity contribution in [2.75, 3.05) is 18.0 Å². The maximum atomic E-state index is 11.9. The van der Waals surface area contributed by atoms with Crippen LogP contribution in [0.25, 0.3) is 0 Å². The van der Waals surface area contributed by atoms with Gasteiger partial charge in [-0.2, -0.15) is 0 Å². The van der Waals surface area contributed by atoms with Gasteiger partial charge in [0.15, 0.2) is 0 Å². The number of rotatable bonds is 3. The molecule has 0 aliphatic carbocycles. The van der Waals surface area contributed by atoms with Crippen LogP contribution in [0.4, 0.5) is 5.00 Å². The molecule has 94 valence electrons. The Kier molecular flexibility index (Phi) is 3.72. The monoisotopic (exact) mass is 252 g/mol. The quantitative estimate of drug-likeness (QED) is 0.897. The second kappa shape index (κ2) is 5.08. The highest BCUT2D eigenvalue weighted by Gasteiger charge is 2.21. The van der Waals surface area contributed by atoms with Gasteiger partial charge in [-0.1, -0.05) is 0 Å². The van der Waals surface area contributed by atoms with E-state index in [1.54, 1.807) is 11.3 Å². The molecular formula is C13H20N2OS. The van der Waals surface area contributed by atoms with Crippen LogP contribution in [0.2, 0.25) is 0 Å². The standard InChI is InChI=1S/C13H20N2OS/c1-4-15-7-5-6-10-8-11(17-13(10)15)12(16)14-9(2)3/h8-9H,4-7H2,1-3H3,(H,14,16). The lowest BCUT2D eigenvalue weighted by atomic mass is 10.1. The number of amides is 1. The Balaban J connectivity index is 2.21. The van der Waals surface area contributed by atoms with Crippen LogP contribution in [-0.2, 0) is 6.42 Å². The van der Waals surface area contributed by atoms with Gasteiger partial charge in [-0.3, -0.25) is 4.79 Å². The van der Waals surface area contributed by atoms with Gasteiger partial charge in [-0.15, -0.1) is 11.3 Å². The summed E-state index contributed by atoms with van der Waals surface area (Å²) in [5, 5.41) is 4.25. The lowest BCUT2D eigenvalue weighted by Gasteiger charge is -2.26. The Morgan fingerprint density at radius 1 is 1.59 bits per heavy atom. The van der Waals surface area contributed by atoms with Crippen LogP contribution in [0, 0.1) is 0 Å². The molecule has 4 heteroatoms. The first kappa shape index (κ1) is 12.4. The number of hydrogen-bond donors (Lipinski definition) is 1. The summed E-state index contributed by atoms with van der Waals surface area (Å²) < 4.78 is 0. The molecule has 0 aromatic carbocycles. The highest BCUT2D eigenvalue weighted by Crippen LogP contribution is 2.35. The number of nitrogens with zero attached hydrogens (tertiary/aromatic N) is 1. The molecule has 0 saturated heterocycles. The maximum Gasteiger partial charge on any atom is 0.261 e. The zero-order chi connectivity index (χ0) is 12.4. The van der Waals surface area contributed by atoms with E-state index in [1.807, 2.05) is 13.8 Å². The Bertz CT molecular complexity index is 412. The minimum Gasteiger partial charge on any atom is -0.363 e. The molecule has 2 rings (SSSR count). The van der Waals surface area contributed by atoms with Gasteiger partial charge in [-0.25, -0.2) is 0 Å². The van der Waals surface area contributed by atoms with E-state index in [4.69, 9.17) is 0 Å². The molecule has 0 fully saturated rings. The van der Waals surface area contributed by atoms with Gasteiger partial charge in [0.2, 0.25) is 0 Å². The predicted octanol–water partition coefficient (Wildman–Crippen LogP) is 2.66. The summed E-state index contributed by atoms with van der Waals surface area (Å²) >= 11 is 1.63. The summed E-state index contributed by atoms with van der Waals surface area (Å²) in [6, 6.07) is 2.27. The van der Waals surface area contributed by atoms with Crippen molar-refractivity contribution < 1.29 is 4.79 Å². The second-order valence-electron chi connectivity index (χ2n) is 4.75. The number of carbonyl (C=O) groups excluding carboxylic acids is 1. The summed E-state index contributed by atoms with van der Waals surface area (Å²) in [6.45, 7) is 8.30. The van der Waals surface area contributed by atoms with E-state index in [0.717, 1.165) is 24.4 Å². The van der Waals surface area contributed by atoms with E-state index in [2.05, 4.69) is 23.2 Å². The molecule has 3 nitrogen and oxygen atoms in total. The number of nitrogens with one attached hydrogen (secondary N) is 1. The molecule has 0 atom stereocenters. The minimum absolute atomic E-state index is 0.0652. The van der Waals surface area contributed by atoms with Crippen LogP contribution < -0.4 is 10.2 Å². The second-order valence-corrected chi connectivity index (χ2v) is 5.78. The molecule has 0 unspecified atom stereocenters. The summed E-state index contributed by atoms with van der Waals surface area (Å²) in [4.78, 5) is 15.2. The first-order valence-corrected chi connectivity index (χ1v) is 7.12. The number of aryl methyl sites for hydroxylation is 1. The van der Waals surface area contributed by atoms with Crippen LogP contribution in [0.1, 0.15) is 42.4 Å². The average Bonchev–Trinajstić information content (AvgIpc) is 2.71. The summed E-state index contributed by atoms with van der Waals surface area (Å²) in [7, 11) is 0. The third-order valence-corrected chi connectivity index (χ3v) is 4.21. The van der Waals surface area contributed by atoms with Crippen LogP contribution in [-0.4, -0.2) is 25.0 Å². The molecule has 1 N–H and O–H groups in total. The Morgan fingerprint density at radius 2 is 2.35 bits per heavy atom. The van der Waals surface area contributed by atoms with Crippen molar-refractivity contribution >= 4 is 22.2 Å². The molecule has 1 amide bonds. The molecular weight excluding hydrogens is 232 g/mol. The van der Waals surface area contributed by atoms with Crippen LogP contribution in [0.15, 0.2) is 6.07 Å². The van der Waals surface area contributed by atoms with Crippen LogP contribution >= 0.6 is 11.3 Å². The van der Waals surface area contributed by atoms with Gasteiger partial charge in [0.05, 0.1) is 9.88 Å². The van der Waals surface area contributed by atoms with E-state index in [0.29, 0.717) is 0 Å². The average molecular weight is 252 g/mol. The third kappa shape index (κ3) is 2.63. The fraction of sp³-hybridized carbons (Fsp3) is 0.615. The highest BCUT2D eigenvalue weighted by atomic mass is 32.1. The van der Waals surface area contributed by atoms with Gasteiger partial charge in [0.1, 0.15) is 0 Å². The van der Waals surface area contributed by atoms with Crippen molar-refractivity contribution in [2.24, 2.45) is 0 Å². The fourth-order valence-corrected chi connectivity index (χ4v) is 3.38. The molecule has 0 bridgehead atoms. The lowest BCUT2D eigenvalue weighted by Crippen LogP contribution is -2.29. The van der Waals surface area contributed by atoms with E-state index in [1.165, 1.54) is 17.0 Å². The summed E-state index contributed by atoms with van der Waals surface area (Å²) in [5.41, 5.74) is 1.34. The van der Waals surface area contributed by atoms with Gasteiger partial charge in [-0.05, 0) is 45.2 Å². The number of fused-ring (bicyclic) bond motifs is 1. The summed E-state index contributed by atoms with van der Waals surface area (Å²) in [5.74, 6) is 0.0652. The van der Waals surface area contributed by atoms with Crippen molar-refractivity contribution in [1.82, 2.24) is 5.32 Å². The SMILES string of the molecule is CCN1CCCc2cc(C(=O)NC(C)C)sc21. The smallest absolute Gasteiger partial charge is 0.261 e. The molecule has 2 heterocycles. The Hall–Kier alpha value is -1.03. The number of anilines is 1. The van der Waals surface area contributed by atoms with Gasteiger partial charge >= 0.3 is 0 Å². The zero-order valence-electron chi connectivity index (χ0n) is 10.7. The molecule has 1 aromatic heterocycles. The van der Waals surface area contributed by atoms with E-state index >= 15 is 0 Å². The van der Waals surface area contributed by atoms with Gasteiger partial charge in [0.25, 0.3) is 5.91 Å². The van der Waals surface area contributed by atoms with E-state index in [-0.39, 0.29) is 11.9 Å². The molecule has 17 heavy (non-hydrogen) atoms. The molecule has 0 radical (unpaired) electrons. The predicted molar refractivity (Wildman–Crippen MR) is 73.1 cm³/mol. The third-order valence-electron chi connectivity index (χ3n) is 2.97. The molecule has 1 aromatic rings. The van der Waals surface area contributed by atoms with E-state index in [9.17, 15) is 4.79 Å². The zero-order valence-corrected chi connectivity index (χ0v) is 11.6. The molecule has 1 aliphatic rings. The summed E-state index contributed by atoms with van der Waals surface area (Å²) in [6.07, 6.45) is 2.31. The first-order valence-electron chi connectivity index (χ1n) is 6.30. The fourth-order valence-electron chi connectivity index (χ4n) is 2.17. The molecule has 0 spiro atoms. The Labute approximate surface area is 107 Å². The topological polar surface area (TPSA) is 32.3 Å². The highest BCUT2D eigenvalue weighted by molar-refractivity contribution is 7.18. The van der Waals surface area contributed by atoms with Crippen LogP contribution in [0.5, 0.6) is 0 Å². The normalized spacial score (nSPS) is 14.9. The number of hydrogen-bond acceptors (Lipinski definition) is 3. The lowest BCUT2D eigenvalue weighted by molar-refractivity contribution is 0.0947. The first-order chi connectivity index (χ1) is 8.11. The van der Waals surface area contributed by atoms with Crippen molar-refractivity contribution in [3.05, 3.63) is 16.5 Å². The largest absolute Gasteiger partial charge is 0.363 e. The minimum atomic E-state index is 0.0652. The van der Waals surface area contributed by atoms with Crippen LogP contribution in [0.3, 0.4) is 0 Å². The van der Waals surface area contributed by atoms with Gasteiger partial charge < -0.3 is 10.2 Å². The van der Waals surface area contributed by atoms with Crippen molar-refractivity contribution in [1.29, 1.82) is 0 Å². The Morgan fingerprint density at radius 3 is 3.00 bits per heavy atom.